The van der Waals surface area contributed by atoms with Gasteiger partial charge in [0.05, 0.1) is 13.0 Å². The molecule has 5 nitrogen and oxygen atoms in total. The predicted molar refractivity (Wildman–Crippen MR) is 76.2 cm³/mol. The molecule has 3 rings (SSSR count). The second-order valence-electron chi connectivity index (χ2n) is 5.89. The molecule has 1 aliphatic carbocycles. The van der Waals surface area contributed by atoms with E-state index in [4.69, 9.17) is 4.74 Å². The van der Waals surface area contributed by atoms with Crippen molar-refractivity contribution in [3.05, 3.63) is 29.8 Å². The number of ether oxygens (including phenoxy) is 1. The van der Waals surface area contributed by atoms with E-state index in [9.17, 15) is 14.7 Å². The molecule has 5 heteroatoms. The van der Waals surface area contributed by atoms with E-state index < -0.39 is 11.9 Å². The zero-order valence-corrected chi connectivity index (χ0v) is 12.0. The number of carbonyl (C=O) groups excluding carboxylic acids is 1. The first-order valence-corrected chi connectivity index (χ1v) is 7.26. The largest absolute Gasteiger partial charge is 0.497 e. The fourth-order valence-electron chi connectivity index (χ4n) is 3.20. The maximum absolute atomic E-state index is 12.5. The molecule has 0 bridgehead atoms. The molecule has 1 amide bonds. The molecule has 1 N–H and O–H groups in total. The zero-order valence-electron chi connectivity index (χ0n) is 12.0. The van der Waals surface area contributed by atoms with Gasteiger partial charge in [0.2, 0.25) is 0 Å². The molecular weight excluding hydrogens is 270 g/mol. The number of amides is 1. The van der Waals surface area contributed by atoms with Crippen LogP contribution in [-0.2, 0) is 4.79 Å². The Morgan fingerprint density at radius 1 is 1.29 bits per heavy atom. The van der Waals surface area contributed by atoms with Crippen molar-refractivity contribution in [2.45, 2.75) is 12.8 Å². The highest BCUT2D eigenvalue weighted by Crippen LogP contribution is 2.44. The molecule has 1 aromatic rings. The van der Waals surface area contributed by atoms with Crippen molar-refractivity contribution in [2.24, 2.45) is 17.8 Å². The van der Waals surface area contributed by atoms with Gasteiger partial charge in [0.25, 0.3) is 5.91 Å². The lowest BCUT2D eigenvalue weighted by molar-refractivity contribution is -0.142. The van der Waals surface area contributed by atoms with Crippen molar-refractivity contribution < 1.29 is 19.4 Å². The molecule has 1 aromatic carbocycles. The van der Waals surface area contributed by atoms with Crippen LogP contribution in [0.4, 0.5) is 0 Å². The standard InChI is InChI=1S/C16H19NO4/c1-21-12-4-2-3-11(7-12)15(18)17-8-13(10-5-6-10)14(9-17)16(19)20/h2-4,7,10,13-14H,5-6,8-9H2,1H3,(H,19,20)/t13-,14+/m1/s1. The average molecular weight is 289 g/mol. The maximum Gasteiger partial charge on any atom is 0.308 e. The average Bonchev–Trinajstić information content (AvgIpc) is 3.24. The van der Waals surface area contributed by atoms with Crippen molar-refractivity contribution in [1.29, 1.82) is 0 Å². The number of hydrogen-bond acceptors (Lipinski definition) is 3. The van der Waals surface area contributed by atoms with E-state index in [2.05, 4.69) is 0 Å². The topological polar surface area (TPSA) is 66.8 Å². The highest BCUT2D eigenvalue weighted by Gasteiger charge is 2.46. The van der Waals surface area contributed by atoms with Crippen LogP contribution in [-0.4, -0.2) is 42.1 Å². The Morgan fingerprint density at radius 2 is 2.05 bits per heavy atom. The monoisotopic (exact) mass is 289 g/mol. The van der Waals surface area contributed by atoms with Gasteiger partial charge in [-0.2, -0.15) is 0 Å². The number of methoxy groups -OCH3 is 1. The minimum atomic E-state index is -0.784. The Kier molecular flexibility index (Phi) is 3.57. The van der Waals surface area contributed by atoms with E-state index >= 15 is 0 Å². The van der Waals surface area contributed by atoms with Crippen molar-refractivity contribution >= 4 is 11.9 Å². The van der Waals surface area contributed by atoms with Crippen molar-refractivity contribution in [3.8, 4) is 5.75 Å². The van der Waals surface area contributed by atoms with Crippen LogP contribution in [0.3, 0.4) is 0 Å². The van der Waals surface area contributed by atoms with Gasteiger partial charge in [-0.05, 0) is 42.9 Å². The van der Waals surface area contributed by atoms with Gasteiger partial charge in [0.1, 0.15) is 5.75 Å². The Hall–Kier alpha value is -2.04. The van der Waals surface area contributed by atoms with Crippen molar-refractivity contribution in [2.75, 3.05) is 20.2 Å². The molecule has 0 radical (unpaired) electrons. The van der Waals surface area contributed by atoms with E-state index in [0.29, 0.717) is 30.3 Å². The molecule has 0 spiro atoms. The summed E-state index contributed by atoms with van der Waals surface area (Å²) in [4.78, 5) is 25.6. The molecular formula is C16H19NO4. The van der Waals surface area contributed by atoms with Crippen LogP contribution in [0.15, 0.2) is 24.3 Å². The summed E-state index contributed by atoms with van der Waals surface area (Å²) in [7, 11) is 1.56. The third kappa shape index (κ3) is 2.73. The number of hydrogen-bond donors (Lipinski definition) is 1. The van der Waals surface area contributed by atoms with E-state index in [1.165, 1.54) is 0 Å². The van der Waals surface area contributed by atoms with Gasteiger partial charge in [-0.3, -0.25) is 9.59 Å². The lowest BCUT2D eigenvalue weighted by atomic mass is 9.92. The summed E-state index contributed by atoms with van der Waals surface area (Å²) in [5, 5.41) is 9.35. The number of rotatable bonds is 4. The second-order valence-corrected chi connectivity index (χ2v) is 5.89. The van der Waals surface area contributed by atoms with Crippen LogP contribution in [0, 0.1) is 17.8 Å². The van der Waals surface area contributed by atoms with Crippen LogP contribution >= 0.6 is 0 Å². The number of carboxylic acid groups (broad SMARTS) is 1. The van der Waals surface area contributed by atoms with Gasteiger partial charge in [0.15, 0.2) is 0 Å². The van der Waals surface area contributed by atoms with E-state index in [1.807, 2.05) is 0 Å². The summed E-state index contributed by atoms with van der Waals surface area (Å²) in [6, 6.07) is 7.00. The maximum atomic E-state index is 12.5. The Bertz CT molecular complexity index is 567. The fraction of sp³-hybridized carbons (Fsp3) is 0.500. The van der Waals surface area contributed by atoms with Crippen LogP contribution in [0.2, 0.25) is 0 Å². The van der Waals surface area contributed by atoms with Crippen LogP contribution in [0.1, 0.15) is 23.2 Å². The minimum Gasteiger partial charge on any atom is -0.497 e. The number of aliphatic carboxylic acids is 1. The molecule has 2 aliphatic rings. The van der Waals surface area contributed by atoms with Gasteiger partial charge < -0.3 is 14.7 Å². The second kappa shape index (κ2) is 5.39. The zero-order chi connectivity index (χ0) is 15.0. The first kappa shape index (κ1) is 13.9. The molecule has 112 valence electrons. The molecule has 2 atom stereocenters. The Morgan fingerprint density at radius 3 is 2.67 bits per heavy atom. The molecule has 1 heterocycles. The summed E-state index contributed by atoms with van der Waals surface area (Å²) >= 11 is 0. The summed E-state index contributed by atoms with van der Waals surface area (Å²) in [5.74, 6) is -0.0944. The van der Waals surface area contributed by atoms with Gasteiger partial charge in [0, 0.05) is 18.7 Å². The predicted octanol–water partition coefficient (Wildman–Crippen LogP) is 1.88. The highest BCUT2D eigenvalue weighted by atomic mass is 16.5. The Labute approximate surface area is 123 Å². The van der Waals surface area contributed by atoms with Gasteiger partial charge in [-0.15, -0.1) is 0 Å². The van der Waals surface area contributed by atoms with Crippen LogP contribution in [0.5, 0.6) is 5.75 Å². The molecule has 0 unspecified atom stereocenters. The normalized spacial score (nSPS) is 24.9. The third-order valence-corrected chi connectivity index (χ3v) is 4.51. The third-order valence-electron chi connectivity index (χ3n) is 4.51. The number of likely N-dealkylation sites (tertiary alicyclic amines) is 1. The van der Waals surface area contributed by atoms with E-state index in [-0.39, 0.29) is 11.8 Å². The lowest BCUT2D eigenvalue weighted by Gasteiger charge is -2.16. The summed E-state index contributed by atoms with van der Waals surface area (Å²) in [5.41, 5.74) is 0.551. The first-order chi connectivity index (χ1) is 10.1. The van der Waals surface area contributed by atoms with E-state index in [0.717, 1.165) is 12.8 Å². The number of carboxylic acids is 1. The van der Waals surface area contributed by atoms with Gasteiger partial charge in [-0.25, -0.2) is 0 Å². The summed E-state index contributed by atoms with van der Waals surface area (Å²) in [6.45, 7) is 0.865. The molecule has 1 saturated heterocycles. The molecule has 21 heavy (non-hydrogen) atoms. The van der Waals surface area contributed by atoms with Crippen LogP contribution in [0.25, 0.3) is 0 Å². The van der Waals surface area contributed by atoms with Crippen LogP contribution < -0.4 is 4.74 Å². The van der Waals surface area contributed by atoms with Gasteiger partial charge in [-0.1, -0.05) is 6.07 Å². The number of carbonyl (C=O) groups is 2. The molecule has 0 aromatic heterocycles. The molecule has 1 saturated carbocycles. The lowest BCUT2D eigenvalue weighted by Crippen LogP contribution is -2.29. The number of nitrogens with zero attached hydrogens (tertiary/aromatic N) is 1. The van der Waals surface area contributed by atoms with Crippen molar-refractivity contribution in [3.63, 3.8) is 0 Å². The number of benzene rings is 1. The molecule has 2 fully saturated rings. The fourth-order valence-corrected chi connectivity index (χ4v) is 3.20. The van der Waals surface area contributed by atoms with Gasteiger partial charge >= 0.3 is 5.97 Å². The Balaban J connectivity index is 1.77. The smallest absolute Gasteiger partial charge is 0.308 e. The first-order valence-electron chi connectivity index (χ1n) is 7.26. The summed E-state index contributed by atoms with van der Waals surface area (Å²) < 4.78 is 5.13. The quantitative estimate of drug-likeness (QED) is 0.919. The van der Waals surface area contributed by atoms with Crippen molar-refractivity contribution in [1.82, 2.24) is 4.90 Å². The SMILES string of the molecule is COc1cccc(C(=O)N2C[C@H](C(=O)O)[C@@H](C3CC3)C2)c1. The van der Waals surface area contributed by atoms with E-state index in [1.54, 1.807) is 36.3 Å². The minimum absolute atomic E-state index is 0.108. The summed E-state index contributed by atoms with van der Waals surface area (Å²) in [6.07, 6.45) is 2.19. The molecule has 1 aliphatic heterocycles. The highest BCUT2D eigenvalue weighted by molar-refractivity contribution is 5.95.